The van der Waals surface area contributed by atoms with Crippen LogP contribution in [0.3, 0.4) is 0 Å². The molecule has 3 aliphatic heterocycles. The van der Waals surface area contributed by atoms with Gasteiger partial charge < -0.3 is 29.9 Å². The molecule has 0 radical (unpaired) electrons. The van der Waals surface area contributed by atoms with Crippen molar-refractivity contribution in [3.63, 3.8) is 0 Å². The monoisotopic (exact) mass is 957 g/mol. The smallest absolute Gasteiger partial charge is 0.472 e. The number of carbonyl (C=O) groups excluding carboxylic acids is 1. The zero-order valence-electron chi connectivity index (χ0n) is 33.1. The highest BCUT2D eigenvalue weighted by molar-refractivity contribution is 8.54. The highest BCUT2D eigenvalue weighted by atomic mass is 32.7. The van der Waals surface area contributed by atoms with Gasteiger partial charge in [0.05, 0.1) is 30.7 Å². The number of phosphoric ester groups is 1. The number of alkyl halides is 2. The number of nitrogens with two attached hydrogens (primary N) is 1. The number of nitrogens with one attached hydrogen (secondary N) is 1. The summed E-state index contributed by atoms with van der Waals surface area (Å²) in [5.41, 5.74) is 5.16. The molecule has 9 rings (SSSR count). The van der Waals surface area contributed by atoms with E-state index in [0.29, 0.717) is 22.5 Å². The van der Waals surface area contributed by atoms with Crippen molar-refractivity contribution in [3.8, 4) is 22.6 Å². The number of aromatic amines is 1. The summed E-state index contributed by atoms with van der Waals surface area (Å²) in [6, 6.07) is 19.5. The molecule has 3 saturated heterocycles. The Labute approximate surface area is 368 Å². The van der Waals surface area contributed by atoms with Gasteiger partial charge in [-0.2, -0.15) is 0 Å². The molecule has 6 heterocycles. The van der Waals surface area contributed by atoms with Gasteiger partial charge >= 0.3 is 26.3 Å². The largest absolute Gasteiger partial charge is 0.508 e. The van der Waals surface area contributed by atoms with E-state index in [1.54, 1.807) is 30.3 Å². The lowest BCUT2D eigenvalue weighted by molar-refractivity contribution is -0.0648. The van der Waals surface area contributed by atoms with E-state index in [1.807, 2.05) is 0 Å². The first-order valence-corrected chi connectivity index (χ1v) is 24.0. The number of nitrogens with zero attached hydrogens (tertiary/aromatic N) is 5. The Bertz CT molecular complexity index is 2950. The molecule has 3 aromatic heterocycles. The van der Waals surface area contributed by atoms with Crippen molar-refractivity contribution in [2.45, 2.75) is 55.0 Å². The van der Waals surface area contributed by atoms with Crippen LogP contribution in [0.2, 0.25) is 0 Å². The molecule has 10 atom stereocenters. The first kappa shape index (κ1) is 44.5. The summed E-state index contributed by atoms with van der Waals surface area (Å²) >= 11 is 0.545. The van der Waals surface area contributed by atoms with E-state index in [1.165, 1.54) is 53.1 Å². The molecular weight excluding hydrogens is 922 g/mol. The first-order valence-electron chi connectivity index (χ1n) is 19.4. The molecule has 340 valence electrons. The third-order valence-electron chi connectivity index (χ3n) is 10.4. The van der Waals surface area contributed by atoms with Crippen molar-refractivity contribution in [2.75, 3.05) is 18.9 Å². The van der Waals surface area contributed by atoms with Gasteiger partial charge in [0.25, 0.3) is 5.56 Å². The summed E-state index contributed by atoms with van der Waals surface area (Å²) in [5.74, 6) is -0.811. The molecule has 0 aliphatic carbocycles. The number of fused-ring (bicyclic) bond motifs is 5. The minimum atomic E-state index is -5.32. The van der Waals surface area contributed by atoms with Crippen LogP contribution < -0.4 is 21.7 Å². The number of phosphoric acid groups is 1. The molecule has 3 aromatic carbocycles. The topological polar surface area (TPSA) is 281 Å². The molecular formula is C39H35F2N7O14P2S. The molecule has 3 fully saturated rings. The summed E-state index contributed by atoms with van der Waals surface area (Å²) in [6.07, 6.45) is -12.2. The predicted octanol–water partition coefficient (Wildman–Crippen LogP) is 4.98. The van der Waals surface area contributed by atoms with Crippen molar-refractivity contribution in [3.05, 3.63) is 130 Å². The lowest BCUT2D eigenvalue weighted by Gasteiger charge is -2.27. The summed E-state index contributed by atoms with van der Waals surface area (Å²) < 4.78 is 104. The van der Waals surface area contributed by atoms with Crippen LogP contribution in [0.15, 0.2) is 107 Å². The molecule has 5 N–H and O–H groups in total. The lowest BCUT2D eigenvalue weighted by atomic mass is 10.1. The number of hydrogen-bond acceptors (Lipinski definition) is 18. The summed E-state index contributed by atoms with van der Waals surface area (Å²) in [7, 11) is -5.32. The van der Waals surface area contributed by atoms with E-state index in [9.17, 15) is 28.9 Å². The van der Waals surface area contributed by atoms with Crippen LogP contribution in [0, 0.1) is 0 Å². The van der Waals surface area contributed by atoms with Gasteiger partial charge in [0.2, 0.25) is 0 Å². The zero-order chi connectivity index (χ0) is 45.6. The van der Waals surface area contributed by atoms with E-state index in [4.69, 9.17) is 38.0 Å². The van der Waals surface area contributed by atoms with Gasteiger partial charge in [0.15, 0.2) is 36.3 Å². The summed E-state index contributed by atoms with van der Waals surface area (Å²) in [5, 5.41) is 9.54. The lowest BCUT2D eigenvalue weighted by Crippen LogP contribution is -2.38. The molecule has 6 aromatic rings. The number of esters is 1. The second kappa shape index (κ2) is 18.0. The van der Waals surface area contributed by atoms with Crippen LogP contribution in [0.1, 0.15) is 28.4 Å². The average molecular weight is 958 g/mol. The fourth-order valence-electron chi connectivity index (χ4n) is 7.22. The number of phenolic OH excluding ortho intramolecular Hbond substituents is 1. The number of carbonyl (C=O) groups is 1. The van der Waals surface area contributed by atoms with E-state index in [2.05, 4.69) is 19.9 Å². The Hall–Kier alpha value is -5.65. The Morgan fingerprint density at radius 2 is 1.54 bits per heavy atom. The van der Waals surface area contributed by atoms with E-state index in [0.717, 1.165) is 23.4 Å². The van der Waals surface area contributed by atoms with Gasteiger partial charge in [-0.1, -0.05) is 42.5 Å². The van der Waals surface area contributed by atoms with Crippen LogP contribution in [0.4, 0.5) is 14.6 Å². The van der Waals surface area contributed by atoms with Gasteiger partial charge in [-0.25, -0.2) is 42.5 Å². The predicted molar refractivity (Wildman–Crippen MR) is 224 cm³/mol. The Morgan fingerprint density at radius 1 is 0.877 bits per heavy atom. The number of hydrogen-bond donors (Lipinski definition) is 4. The second-order valence-electron chi connectivity index (χ2n) is 14.7. The number of benzene rings is 3. The molecule has 0 saturated carbocycles. The molecule has 0 amide bonds. The van der Waals surface area contributed by atoms with Gasteiger partial charge in [0, 0.05) is 11.9 Å². The Morgan fingerprint density at radius 3 is 2.25 bits per heavy atom. The third kappa shape index (κ3) is 9.27. The van der Waals surface area contributed by atoms with Crippen LogP contribution in [0.25, 0.3) is 22.3 Å². The molecule has 2 unspecified atom stereocenters. The number of aromatic hydroxyl groups is 1. The van der Waals surface area contributed by atoms with Crippen LogP contribution >= 0.6 is 26.0 Å². The molecule has 65 heavy (non-hydrogen) atoms. The fraction of sp³-hybridized carbons (Fsp3) is 0.282. The minimum absolute atomic E-state index is 0.0344. The normalized spacial score (nSPS) is 29.3. The zero-order valence-corrected chi connectivity index (χ0v) is 35.7. The number of phenols is 1. The first-order chi connectivity index (χ1) is 31.1. The Kier molecular flexibility index (Phi) is 12.3. The summed E-state index contributed by atoms with van der Waals surface area (Å²) in [4.78, 5) is 64.3. The molecule has 21 nitrogen and oxygen atoms in total. The molecule has 0 spiro atoms. The average Bonchev–Trinajstić information content (AvgIpc) is 3.95. The minimum Gasteiger partial charge on any atom is -0.508 e. The van der Waals surface area contributed by atoms with Crippen LogP contribution in [-0.2, 0) is 42.5 Å². The maximum absolute atomic E-state index is 16.8. The van der Waals surface area contributed by atoms with E-state index in [-0.39, 0.29) is 45.4 Å². The van der Waals surface area contributed by atoms with Gasteiger partial charge in [0.1, 0.15) is 47.8 Å². The fourth-order valence-corrected chi connectivity index (χ4v) is 11.5. The highest BCUT2D eigenvalue weighted by Crippen LogP contribution is 2.65. The van der Waals surface area contributed by atoms with Crippen molar-refractivity contribution in [1.29, 1.82) is 0 Å². The highest BCUT2D eigenvalue weighted by Gasteiger charge is 2.55. The number of anilines is 1. The van der Waals surface area contributed by atoms with E-state index >= 15 is 13.3 Å². The van der Waals surface area contributed by atoms with Crippen LogP contribution in [0.5, 0.6) is 11.5 Å². The van der Waals surface area contributed by atoms with Crippen molar-refractivity contribution < 1.29 is 65.0 Å². The molecule has 4 bridgehead atoms. The summed E-state index contributed by atoms with van der Waals surface area (Å²) in [6.45, 7) is -6.70. The number of halogens is 2. The number of ether oxygens (including phenoxy) is 3. The number of imidazole rings is 1. The molecule has 3 aliphatic rings. The third-order valence-corrected chi connectivity index (χ3v) is 15.1. The SMILES string of the molecule is Nc1ncnc2c1ncn2[C@@H]1O[C@@H]2COP(=O)(SCc3ccc(OC(=O)c4ccc(O)cc4)cc3)O[C@@H]3[C@H](F)[C@@H](COP(=O)(O)O[C@@H]1[C@@H]2F)O[C@H]3n1cc(-c2ccccc2)c(=O)[nH]c1=O. The second-order valence-corrected chi connectivity index (χ2v) is 20.1. The maximum atomic E-state index is 16.8. The van der Waals surface area contributed by atoms with E-state index < -0.39 is 94.3 Å². The number of H-pyrrole nitrogens is 1. The molecule has 26 heteroatoms. The Balaban J connectivity index is 1.04. The standard InChI is InChI=1S/C39H35F2N7O14P2S/c40-28-27-16-57-64(55,65-17-20-6-12-24(13-7-20)58-38(51)22-8-10-23(49)11-9-22)62-32-29(41)26(59-36(32)47-14-25(35(50)46-39(47)52)21-4-2-1-3-5-21)15-56-63(53,54)61-31(28)37(60-27)48-19-45-30-33(42)43-18-44-34(30)48/h1-14,18-19,26-29,31-32,36-37,49H,15-17H2,(H,53,54)(H2,42,43,44)(H,46,50,52)/t26-,27-,28-,29-,31-,32-,36-,37-,64?/m1/s1. The van der Waals surface area contributed by atoms with Crippen molar-refractivity contribution >= 4 is 49.0 Å². The van der Waals surface area contributed by atoms with Crippen molar-refractivity contribution in [2.24, 2.45) is 0 Å². The van der Waals surface area contributed by atoms with Gasteiger partial charge in [-0.3, -0.25) is 37.0 Å². The quantitative estimate of drug-likeness (QED) is 0.0889. The maximum Gasteiger partial charge on any atom is 0.472 e. The number of nitrogen functional groups attached to an aromatic ring is 1. The van der Waals surface area contributed by atoms with Crippen molar-refractivity contribution in [1.82, 2.24) is 29.1 Å². The number of rotatable bonds is 8. The van der Waals surface area contributed by atoms with Gasteiger partial charge in [-0.15, -0.1) is 0 Å². The van der Waals surface area contributed by atoms with Gasteiger partial charge in [-0.05, 0) is 58.9 Å². The van der Waals surface area contributed by atoms with Crippen LogP contribution in [-0.4, -0.2) is 95.0 Å². The number of aromatic nitrogens is 6.